The van der Waals surface area contributed by atoms with Gasteiger partial charge in [0.05, 0.1) is 12.6 Å². The van der Waals surface area contributed by atoms with E-state index >= 15 is 0 Å². The summed E-state index contributed by atoms with van der Waals surface area (Å²) in [5, 5.41) is 5.54. The number of amides is 2. The summed E-state index contributed by atoms with van der Waals surface area (Å²) in [5.41, 5.74) is 5.72. The van der Waals surface area contributed by atoms with Crippen LogP contribution in [0.2, 0.25) is 0 Å². The molecular formula is C15H28N4O2. The largest absolute Gasteiger partial charge is 0.352 e. The summed E-state index contributed by atoms with van der Waals surface area (Å²) in [6.07, 6.45) is 3.75. The van der Waals surface area contributed by atoms with Crippen molar-refractivity contribution in [1.29, 1.82) is 0 Å². The Morgan fingerprint density at radius 3 is 2.52 bits per heavy atom. The summed E-state index contributed by atoms with van der Waals surface area (Å²) >= 11 is 0. The maximum Gasteiger partial charge on any atom is 0.239 e. The van der Waals surface area contributed by atoms with E-state index in [1.165, 1.54) is 0 Å². The van der Waals surface area contributed by atoms with Crippen molar-refractivity contribution in [3.05, 3.63) is 12.7 Å². The van der Waals surface area contributed by atoms with Crippen LogP contribution in [0.3, 0.4) is 0 Å². The van der Waals surface area contributed by atoms with Gasteiger partial charge in [0.25, 0.3) is 0 Å². The quantitative estimate of drug-likeness (QED) is 0.570. The molecule has 1 aliphatic heterocycles. The Morgan fingerprint density at radius 2 is 2.00 bits per heavy atom. The smallest absolute Gasteiger partial charge is 0.239 e. The number of rotatable bonds is 7. The molecule has 0 aliphatic carbocycles. The second-order valence-electron chi connectivity index (χ2n) is 5.92. The Hall–Kier alpha value is -1.40. The van der Waals surface area contributed by atoms with Gasteiger partial charge in [-0.05, 0) is 18.8 Å². The van der Waals surface area contributed by atoms with Gasteiger partial charge in [-0.3, -0.25) is 14.5 Å². The van der Waals surface area contributed by atoms with Crippen LogP contribution in [0.1, 0.15) is 26.7 Å². The number of hydrogen-bond donors (Lipinski definition) is 3. The van der Waals surface area contributed by atoms with Gasteiger partial charge >= 0.3 is 0 Å². The molecule has 21 heavy (non-hydrogen) atoms. The molecular weight excluding hydrogens is 268 g/mol. The minimum absolute atomic E-state index is 0.00781. The summed E-state index contributed by atoms with van der Waals surface area (Å²) in [6.45, 7) is 10.3. The van der Waals surface area contributed by atoms with Crippen molar-refractivity contribution in [3.63, 3.8) is 0 Å². The monoisotopic (exact) mass is 296 g/mol. The molecule has 1 rings (SSSR count). The van der Waals surface area contributed by atoms with E-state index in [-0.39, 0.29) is 30.3 Å². The van der Waals surface area contributed by atoms with Gasteiger partial charge in [0.2, 0.25) is 11.8 Å². The summed E-state index contributed by atoms with van der Waals surface area (Å²) < 4.78 is 0. The van der Waals surface area contributed by atoms with E-state index in [1.54, 1.807) is 0 Å². The first kappa shape index (κ1) is 17.7. The van der Waals surface area contributed by atoms with Crippen molar-refractivity contribution in [2.45, 2.75) is 38.8 Å². The highest BCUT2D eigenvalue weighted by Crippen LogP contribution is 2.09. The number of carbonyl (C=O) groups is 2. The van der Waals surface area contributed by atoms with Gasteiger partial charge in [-0.2, -0.15) is 0 Å². The standard InChI is InChI=1S/C15H28N4O2/c1-4-7-19-8-5-12(6-9-19)18-13(20)10-17-15(21)14(16)11(2)3/h4,11-12,14H,1,5-10,16H2,2-3H3,(H,17,21)(H,18,20)/t14-/m0/s1. The molecule has 4 N–H and O–H groups in total. The third-order valence-electron chi connectivity index (χ3n) is 3.78. The molecule has 0 aromatic heterocycles. The summed E-state index contributed by atoms with van der Waals surface area (Å²) in [5.74, 6) is -0.371. The molecule has 0 unspecified atom stereocenters. The zero-order chi connectivity index (χ0) is 15.8. The third-order valence-corrected chi connectivity index (χ3v) is 3.78. The van der Waals surface area contributed by atoms with E-state index in [1.807, 2.05) is 19.9 Å². The summed E-state index contributed by atoms with van der Waals surface area (Å²) in [6, 6.07) is -0.380. The molecule has 2 amide bonds. The molecule has 0 aromatic rings. The number of piperidine rings is 1. The van der Waals surface area contributed by atoms with Crippen LogP contribution in [0.15, 0.2) is 12.7 Å². The van der Waals surface area contributed by atoms with E-state index in [2.05, 4.69) is 22.1 Å². The first-order valence-corrected chi connectivity index (χ1v) is 7.60. The number of carbonyl (C=O) groups excluding carboxylic acids is 2. The van der Waals surface area contributed by atoms with Crippen LogP contribution in [-0.2, 0) is 9.59 Å². The lowest BCUT2D eigenvalue weighted by Crippen LogP contribution is -2.50. The van der Waals surface area contributed by atoms with Crippen molar-refractivity contribution in [2.24, 2.45) is 11.7 Å². The Kier molecular flexibility index (Phi) is 7.39. The van der Waals surface area contributed by atoms with Gasteiger partial charge < -0.3 is 16.4 Å². The van der Waals surface area contributed by atoms with Crippen molar-refractivity contribution >= 4 is 11.8 Å². The fourth-order valence-electron chi connectivity index (χ4n) is 2.31. The highest BCUT2D eigenvalue weighted by Gasteiger charge is 2.21. The van der Waals surface area contributed by atoms with Gasteiger partial charge in [-0.1, -0.05) is 19.9 Å². The minimum atomic E-state index is -0.569. The SMILES string of the molecule is C=CCN1CCC(NC(=O)CNC(=O)[C@@H](N)C(C)C)CC1. The zero-order valence-corrected chi connectivity index (χ0v) is 13.1. The summed E-state index contributed by atoms with van der Waals surface area (Å²) in [4.78, 5) is 25.8. The van der Waals surface area contributed by atoms with E-state index < -0.39 is 6.04 Å². The van der Waals surface area contributed by atoms with Gasteiger partial charge in [0, 0.05) is 25.7 Å². The molecule has 1 fully saturated rings. The van der Waals surface area contributed by atoms with E-state index in [0.29, 0.717) is 0 Å². The van der Waals surface area contributed by atoms with Gasteiger partial charge in [-0.25, -0.2) is 0 Å². The number of hydrogen-bond acceptors (Lipinski definition) is 4. The first-order valence-electron chi connectivity index (χ1n) is 7.60. The number of nitrogens with two attached hydrogens (primary N) is 1. The van der Waals surface area contributed by atoms with Crippen LogP contribution in [0, 0.1) is 5.92 Å². The molecule has 1 atom stereocenters. The lowest BCUT2D eigenvalue weighted by Gasteiger charge is -2.31. The molecule has 1 saturated heterocycles. The van der Waals surface area contributed by atoms with Crippen LogP contribution in [0.5, 0.6) is 0 Å². The molecule has 0 aromatic carbocycles. The highest BCUT2D eigenvalue weighted by molar-refractivity contribution is 5.87. The Labute approximate surface area is 127 Å². The molecule has 120 valence electrons. The van der Waals surface area contributed by atoms with Crippen LogP contribution < -0.4 is 16.4 Å². The van der Waals surface area contributed by atoms with Gasteiger partial charge in [-0.15, -0.1) is 6.58 Å². The predicted octanol–water partition coefficient (Wildman–Crippen LogP) is -0.147. The Bertz CT molecular complexity index is 363. The van der Waals surface area contributed by atoms with E-state index in [0.717, 1.165) is 32.5 Å². The molecule has 0 bridgehead atoms. The van der Waals surface area contributed by atoms with Gasteiger partial charge in [0.1, 0.15) is 0 Å². The zero-order valence-electron chi connectivity index (χ0n) is 13.1. The fourth-order valence-corrected chi connectivity index (χ4v) is 2.31. The van der Waals surface area contributed by atoms with Crippen LogP contribution >= 0.6 is 0 Å². The second-order valence-corrected chi connectivity index (χ2v) is 5.92. The van der Waals surface area contributed by atoms with Crippen molar-refractivity contribution < 1.29 is 9.59 Å². The average Bonchev–Trinajstić information content (AvgIpc) is 2.46. The summed E-state index contributed by atoms with van der Waals surface area (Å²) in [7, 11) is 0. The van der Waals surface area contributed by atoms with Crippen molar-refractivity contribution in [2.75, 3.05) is 26.2 Å². The van der Waals surface area contributed by atoms with Crippen molar-refractivity contribution in [3.8, 4) is 0 Å². The molecule has 1 heterocycles. The molecule has 0 saturated carbocycles. The van der Waals surface area contributed by atoms with Crippen LogP contribution in [0.4, 0.5) is 0 Å². The second kappa shape index (κ2) is 8.79. The lowest BCUT2D eigenvalue weighted by molar-refractivity contribution is -0.127. The average molecular weight is 296 g/mol. The van der Waals surface area contributed by atoms with Crippen LogP contribution in [-0.4, -0.2) is 55.0 Å². The minimum Gasteiger partial charge on any atom is -0.352 e. The first-order chi connectivity index (χ1) is 9.93. The van der Waals surface area contributed by atoms with Crippen molar-refractivity contribution in [1.82, 2.24) is 15.5 Å². The predicted molar refractivity (Wildman–Crippen MR) is 83.6 cm³/mol. The maximum absolute atomic E-state index is 11.8. The molecule has 0 radical (unpaired) electrons. The van der Waals surface area contributed by atoms with Gasteiger partial charge in [0.15, 0.2) is 0 Å². The third kappa shape index (κ3) is 6.27. The molecule has 1 aliphatic rings. The maximum atomic E-state index is 11.8. The van der Waals surface area contributed by atoms with E-state index in [4.69, 9.17) is 5.73 Å². The number of nitrogens with one attached hydrogen (secondary N) is 2. The fraction of sp³-hybridized carbons (Fsp3) is 0.733. The Morgan fingerprint density at radius 1 is 1.38 bits per heavy atom. The number of likely N-dealkylation sites (tertiary alicyclic amines) is 1. The number of nitrogens with zero attached hydrogens (tertiary/aromatic N) is 1. The lowest BCUT2D eigenvalue weighted by atomic mass is 10.0. The Balaban J connectivity index is 2.23. The molecule has 6 heteroatoms. The van der Waals surface area contributed by atoms with E-state index in [9.17, 15) is 9.59 Å². The highest BCUT2D eigenvalue weighted by atomic mass is 16.2. The topological polar surface area (TPSA) is 87.5 Å². The molecule has 6 nitrogen and oxygen atoms in total. The van der Waals surface area contributed by atoms with Crippen LogP contribution in [0.25, 0.3) is 0 Å². The normalized spacial score (nSPS) is 18.3. The molecule has 0 spiro atoms.